The first-order valence-corrected chi connectivity index (χ1v) is 11.2. The zero-order chi connectivity index (χ0) is 24.9. The maximum absolute atomic E-state index is 13.2. The molecule has 180 valence electrons. The Hall–Kier alpha value is -3.95. The van der Waals surface area contributed by atoms with Crippen molar-refractivity contribution in [2.24, 2.45) is 12.0 Å². The molecule has 35 heavy (non-hydrogen) atoms. The van der Waals surface area contributed by atoms with Crippen LogP contribution in [0.3, 0.4) is 0 Å². The van der Waals surface area contributed by atoms with E-state index < -0.39 is 17.8 Å². The number of hydrogen-bond donors (Lipinski definition) is 1. The van der Waals surface area contributed by atoms with Crippen LogP contribution in [0.1, 0.15) is 41.0 Å². The van der Waals surface area contributed by atoms with Crippen LogP contribution in [0.2, 0.25) is 0 Å². The molecule has 0 radical (unpaired) electrons. The minimum Gasteiger partial charge on any atom is -0.363 e. The van der Waals surface area contributed by atoms with Gasteiger partial charge in [0.2, 0.25) is 0 Å². The van der Waals surface area contributed by atoms with Gasteiger partial charge in [-0.05, 0) is 49.2 Å². The first-order chi connectivity index (χ1) is 16.6. The maximum atomic E-state index is 13.2. The van der Waals surface area contributed by atoms with E-state index in [0.29, 0.717) is 41.7 Å². The molecule has 0 spiro atoms. The summed E-state index contributed by atoms with van der Waals surface area (Å²) in [6.45, 7) is 4.77. The van der Waals surface area contributed by atoms with Crippen molar-refractivity contribution >= 4 is 29.1 Å². The number of pyridine rings is 1. The summed E-state index contributed by atoms with van der Waals surface area (Å²) < 4.78 is 41.2. The molecular formula is C25H23F3N6O. The Morgan fingerprint density at radius 1 is 1.14 bits per heavy atom. The third-order valence-corrected chi connectivity index (χ3v) is 6.15. The topological polar surface area (TPSA) is 75.4 Å². The molecule has 0 fully saturated rings. The second-order valence-corrected chi connectivity index (χ2v) is 8.63. The Labute approximate surface area is 199 Å². The van der Waals surface area contributed by atoms with Crippen molar-refractivity contribution in [1.82, 2.24) is 14.5 Å². The number of alkyl halides is 3. The van der Waals surface area contributed by atoms with Crippen LogP contribution in [-0.4, -0.2) is 33.5 Å². The third-order valence-electron chi connectivity index (χ3n) is 6.15. The number of aryl methyl sites for hydroxylation is 2. The van der Waals surface area contributed by atoms with Gasteiger partial charge in [0.1, 0.15) is 23.3 Å². The number of rotatable bonds is 4. The van der Waals surface area contributed by atoms with Crippen LogP contribution in [-0.2, 0) is 13.2 Å². The molecule has 1 aromatic carbocycles. The zero-order valence-corrected chi connectivity index (χ0v) is 19.4. The van der Waals surface area contributed by atoms with Gasteiger partial charge in [0.15, 0.2) is 0 Å². The van der Waals surface area contributed by atoms with Crippen LogP contribution in [0.15, 0.2) is 52.4 Å². The molecule has 4 heterocycles. The van der Waals surface area contributed by atoms with E-state index in [4.69, 9.17) is 0 Å². The van der Waals surface area contributed by atoms with Gasteiger partial charge in [-0.15, -0.1) is 0 Å². The molecule has 5 rings (SSSR count). The van der Waals surface area contributed by atoms with Crippen molar-refractivity contribution in [1.29, 1.82) is 0 Å². The summed E-state index contributed by atoms with van der Waals surface area (Å²) in [5.41, 5.74) is 1.84. The molecule has 0 saturated heterocycles. The third kappa shape index (κ3) is 4.20. The fourth-order valence-corrected chi connectivity index (χ4v) is 4.31. The fourth-order valence-electron chi connectivity index (χ4n) is 4.31. The summed E-state index contributed by atoms with van der Waals surface area (Å²) in [5.74, 6) is 2.45. The molecule has 0 amide bonds. The van der Waals surface area contributed by atoms with Gasteiger partial charge in [0, 0.05) is 37.5 Å². The Balaban J connectivity index is 1.59. The van der Waals surface area contributed by atoms with E-state index >= 15 is 0 Å². The summed E-state index contributed by atoms with van der Waals surface area (Å²) in [4.78, 5) is 28.2. The summed E-state index contributed by atoms with van der Waals surface area (Å²) in [6, 6.07) is 8.21. The minimum absolute atomic E-state index is 0.143. The highest BCUT2D eigenvalue weighted by molar-refractivity contribution is 6.36. The predicted octanol–water partition coefficient (Wildman–Crippen LogP) is 4.45. The number of hydrogen-bond acceptors (Lipinski definition) is 6. The van der Waals surface area contributed by atoms with Gasteiger partial charge < -0.3 is 14.8 Å². The van der Waals surface area contributed by atoms with Gasteiger partial charge in [-0.25, -0.2) is 9.97 Å². The molecule has 0 saturated carbocycles. The van der Waals surface area contributed by atoms with Gasteiger partial charge in [0.05, 0.1) is 17.7 Å². The van der Waals surface area contributed by atoms with Crippen molar-refractivity contribution in [2.75, 3.05) is 23.3 Å². The molecule has 1 N–H and O–H groups in total. The largest absolute Gasteiger partial charge is 0.416 e. The van der Waals surface area contributed by atoms with E-state index in [2.05, 4.69) is 20.3 Å². The van der Waals surface area contributed by atoms with E-state index in [9.17, 15) is 18.0 Å². The summed E-state index contributed by atoms with van der Waals surface area (Å²) in [7, 11) is 1.68. The van der Waals surface area contributed by atoms with Crippen molar-refractivity contribution in [3.8, 4) is 0 Å². The highest BCUT2D eigenvalue weighted by Gasteiger charge is 2.33. The first-order valence-electron chi connectivity index (χ1n) is 11.2. The van der Waals surface area contributed by atoms with Crippen LogP contribution in [0.25, 0.3) is 11.6 Å². The van der Waals surface area contributed by atoms with E-state index in [1.807, 2.05) is 17.0 Å². The standard InChI is InChI=1S/C25H23F3N6O/c1-14(16-5-4-6-18(11-16)25(26,27)28)30-22-20-13-19(17-7-9-33(3)21(35)12-17)23-29-8-10-34(23)24(20)32-15(2)31-22/h4-7,9,11-14H,8,10H2,1-3H3,(H,30,31,32)/t14-/m1/s1. The van der Waals surface area contributed by atoms with Crippen LogP contribution < -0.4 is 15.8 Å². The minimum atomic E-state index is -4.42. The van der Waals surface area contributed by atoms with E-state index in [1.165, 1.54) is 10.6 Å². The number of aromatic nitrogens is 3. The number of fused-ring (bicyclic) bond motifs is 3. The van der Waals surface area contributed by atoms with Crippen LogP contribution in [0, 0.1) is 6.92 Å². The zero-order valence-electron chi connectivity index (χ0n) is 19.4. The fraction of sp³-hybridized carbons (Fsp3) is 0.280. The maximum Gasteiger partial charge on any atom is 0.416 e. The second kappa shape index (κ2) is 8.37. The molecule has 3 aromatic rings. The van der Waals surface area contributed by atoms with Gasteiger partial charge in [-0.3, -0.25) is 9.79 Å². The van der Waals surface area contributed by atoms with E-state index in [0.717, 1.165) is 29.1 Å². The molecule has 1 atom stereocenters. The first kappa shape index (κ1) is 22.8. The van der Waals surface area contributed by atoms with Crippen molar-refractivity contribution in [3.63, 3.8) is 0 Å². The average molecular weight is 480 g/mol. The van der Waals surface area contributed by atoms with Gasteiger partial charge >= 0.3 is 6.18 Å². The molecular weight excluding hydrogens is 457 g/mol. The molecule has 0 aliphatic carbocycles. The summed E-state index contributed by atoms with van der Waals surface area (Å²) >= 11 is 0. The van der Waals surface area contributed by atoms with Crippen molar-refractivity contribution in [2.45, 2.75) is 26.1 Å². The van der Waals surface area contributed by atoms with Crippen molar-refractivity contribution < 1.29 is 13.2 Å². The van der Waals surface area contributed by atoms with Crippen molar-refractivity contribution in [3.05, 3.63) is 81.0 Å². The molecule has 0 bridgehead atoms. The van der Waals surface area contributed by atoms with Crippen LogP contribution in [0.4, 0.5) is 24.8 Å². The van der Waals surface area contributed by atoms with Gasteiger partial charge in [-0.1, -0.05) is 12.1 Å². The van der Waals surface area contributed by atoms with Crippen LogP contribution in [0.5, 0.6) is 0 Å². The highest BCUT2D eigenvalue weighted by Crippen LogP contribution is 2.39. The quantitative estimate of drug-likeness (QED) is 0.597. The smallest absolute Gasteiger partial charge is 0.363 e. The number of aliphatic imine (C=N–C) groups is 1. The molecule has 10 heteroatoms. The summed E-state index contributed by atoms with van der Waals surface area (Å²) in [5, 5.41) is 3.28. The predicted molar refractivity (Wildman–Crippen MR) is 129 cm³/mol. The highest BCUT2D eigenvalue weighted by atomic mass is 19.4. The molecule has 2 aromatic heterocycles. The van der Waals surface area contributed by atoms with E-state index in [-0.39, 0.29) is 5.56 Å². The molecule has 7 nitrogen and oxygen atoms in total. The number of nitrogens with zero attached hydrogens (tertiary/aromatic N) is 5. The molecule has 0 unspecified atom stereocenters. The molecule has 2 aliphatic rings. The number of anilines is 2. The Morgan fingerprint density at radius 2 is 1.94 bits per heavy atom. The summed E-state index contributed by atoms with van der Waals surface area (Å²) in [6.07, 6.45) is -0.823. The number of nitrogens with one attached hydrogen (secondary N) is 1. The molecule has 2 aliphatic heterocycles. The van der Waals surface area contributed by atoms with Gasteiger partial charge in [0.25, 0.3) is 5.56 Å². The monoisotopic (exact) mass is 480 g/mol. The average Bonchev–Trinajstić information content (AvgIpc) is 3.30. The lowest BCUT2D eigenvalue weighted by atomic mass is 9.98. The number of halogens is 3. The van der Waals surface area contributed by atoms with Gasteiger partial charge in [-0.2, -0.15) is 13.2 Å². The lowest BCUT2D eigenvalue weighted by Gasteiger charge is -2.29. The Bertz CT molecular complexity index is 1440. The lowest BCUT2D eigenvalue weighted by Crippen LogP contribution is -2.33. The number of amidine groups is 1. The normalized spacial score (nSPS) is 15.8. The number of benzene rings is 1. The van der Waals surface area contributed by atoms with E-state index in [1.54, 1.807) is 39.2 Å². The van der Waals surface area contributed by atoms with Crippen LogP contribution >= 0.6 is 0 Å². The Morgan fingerprint density at radius 3 is 2.69 bits per heavy atom. The second-order valence-electron chi connectivity index (χ2n) is 8.63. The lowest BCUT2D eigenvalue weighted by molar-refractivity contribution is -0.137. The SMILES string of the molecule is Cc1nc(N[C@H](C)c2cccc(C(F)(F)F)c2)c2c(n1)N1CCN=C1C(c1ccn(C)c(=O)c1)=C2. The Kier molecular flexibility index (Phi) is 5.46.